The summed E-state index contributed by atoms with van der Waals surface area (Å²) in [6, 6.07) is 52.4. The summed E-state index contributed by atoms with van der Waals surface area (Å²) in [6.45, 7) is 27.0. The van der Waals surface area contributed by atoms with E-state index in [9.17, 15) is 0 Å². The van der Waals surface area contributed by atoms with E-state index in [-0.39, 0.29) is 46.5 Å². The molecule has 0 spiro atoms. The first-order valence-corrected chi connectivity index (χ1v) is 23.1. The molecule has 4 heteroatoms. The van der Waals surface area contributed by atoms with E-state index in [2.05, 4.69) is 237 Å². The predicted molar refractivity (Wildman–Crippen MR) is 247 cm³/mol. The van der Waals surface area contributed by atoms with Gasteiger partial charge >= 0.3 is 56.9 Å². The molecule has 0 saturated heterocycles. The van der Waals surface area contributed by atoms with E-state index < -0.39 is 0 Å². The van der Waals surface area contributed by atoms with Crippen LogP contribution in [0, 0.1) is 0 Å². The average molecular weight is 966 g/mol. The van der Waals surface area contributed by atoms with Crippen molar-refractivity contribution in [3.63, 3.8) is 0 Å². The van der Waals surface area contributed by atoms with Crippen molar-refractivity contribution < 1.29 is 73.3 Å². The van der Waals surface area contributed by atoms with Crippen molar-refractivity contribution in [1.29, 1.82) is 0 Å². The van der Waals surface area contributed by atoms with E-state index in [1.807, 2.05) is 0 Å². The average Bonchev–Trinajstić information content (AvgIpc) is 3.97. The Bertz CT molecular complexity index is 1910. The van der Waals surface area contributed by atoms with Gasteiger partial charge in [-0.1, -0.05) is 107 Å². The Balaban J connectivity index is 0.000000371. The van der Waals surface area contributed by atoms with E-state index in [1.54, 1.807) is 0 Å². The van der Waals surface area contributed by atoms with E-state index in [0.29, 0.717) is 0 Å². The molecule has 0 amide bonds. The fraction of sp³-hybridized carbons (Fsp3) is 0.296. The van der Waals surface area contributed by atoms with Crippen LogP contribution in [0.4, 0.5) is 0 Å². The molecule has 8 aromatic carbocycles. The molecule has 0 radical (unpaired) electrons. The third-order valence-electron chi connectivity index (χ3n) is 9.94. The number of hydrogen-bond acceptors (Lipinski definition) is 0. The van der Waals surface area contributed by atoms with Gasteiger partial charge in [0.1, 0.15) is 0 Å². The van der Waals surface area contributed by atoms with Gasteiger partial charge in [0.25, 0.3) is 0 Å². The fourth-order valence-corrected chi connectivity index (χ4v) is 6.33. The normalized spacial score (nSPS) is 11.2. The van der Waals surface area contributed by atoms with Crippen LogP contribution in [0.2, 0.25) is 0 Å². The summed E-state index contributed by atoms with van der Waals surface area (Å²) in [5.74, 6) is 0. The molecule has 0 aromatic heterocycles. The van der Waals surface area contributed by atoms with Crippen LogP contribution in [-0.2, 0) is 70.1 Å². The minimum Gasteiger partial charge on any atom is -1.00 e. The van der Waals surface area contributed by atoms with Crippen LogP contribution in [0.3, 0.4) is 0 Å². The maximum Gasteiger partial charge on any atom is -1.00 e. The van der Waals surface area contributed by atoms with Crippen LogP contribution >= 0.6 is 0 Å². The molecule has 8 rings (SSSR count). The summed E-state index contributed by atoms with van der Waals surface area (Å²) < 4.78 is 6.68. The van der Waals surface area contributed by atoms with Gasteiger partial charge in [-0.2, -0.15) is 24.3 Å². The molecule has 0 saturated carbocycles. The number of halogens is 2. The first kappa shape index (κ1) is 53.4. The first-order chi connectivity index (χ1) is 26.3. The SMILES string of the molecule is CC(C)(C)c1cc2ccccc2[cH-]1.CC(C)(C)c1cc2ccccc2[cH-]1.CC(C)(C)c1cc2ccccc2[cH-]1.CC(C)(C)c1cc2ccccc2[cH-]1.[CH2]=[Zr+2].[CH2]=[Zr+2].[Cl-].[Cl-]. The molecule has 0 N–H and O–H groups in total. The summed E-state index contributed by atoms with van der Waals surface area (Å²) >= 11 is 2.60. The molecule has 8 aromatic rings. The van der Waals surface area contributed by atoms with Crippen molar-refractivity contribution in [2.75, 3.05) is 0 Å². The summed E-state index contributed by atoms with van der Waals surface area (Å²) in [5.41, 5.74) is 6.75. The zero-order valence-corrected chi connectivity index (χ0v) is 43.5. The molecule has 0 heterocycles. The Kier molecular flexibility index (Phi) is 21.6. The van der Waals surface area contributed by atoms with Crippen LogP contribution in [0.15, 0.2) is 146 Å². The molecule has 0 aliphatic rings. The second kappa shape index (κ2) is 23.4. The molecular formula is C54H64Cl2Zr2-2. The summed E-state index contributed by atoms with van der Waals surface area (Å²) in [7, 11) is 0. The van der Waals surface area contributed by atoms with Crippen LogP contribution in [-0.4, -0.2) is 8.42 Å². The van der Waals surface area contributed by atoms with Crippen molar-refractivity contribution in [1.82, 2.24) is 0 Å². The topological polar surface area (TPSA) is 0 Å². The van der Waals surface area contributed by atoms with Crippen molar-refractivity contribution in [2.45, 2.75) is 105 Å². The number of rotatable bonds is 0. The van der Waals surface area contributed by atoms with Crippen LogP contribution in [0.5, 0.6) is 0 Å². The molecular weight excluding hydrogens is 902 g/mol. The summed E-state index contributed by atoms with van der Waals surface area (Å²) in [5, 5.41) is 10.8. The van der Waals surface area contributed by atoms with Gasteiger partial charge in [0.05, 0.1) is 0 Å². The molecule has 58 heavy (non-hydrogen) atoms. The molecule has 0 aliphatic heterocycles. The van der Waals surface area contributed by atoms with Gasteiger partial charge in [-0.3, -0.25) is 0 Å². The molecule has 0 nitrogen and oxygen atoms in total. The molecule has 304 valence electrons. The Labute approximate surface area is 393 Å². The third kappa shape index (κ3) is 15.5. The smallest absolute Gasteiger partial charge is 1.00 e. The van der Waals surface area contributed by atoms with E-state index in [0.717, 1.165) is 0 Å². The monoisotopic (exact) mass is 962 g/mol. The molecule has 0 aliphatic carbocycles. The zero-order valence-electron chi connectivity index (χ0n) is 37.0. The second-order valence-corrected chi connectivity index (χ2v) is 18.5. The van der Waals surface area contributed by atoms with Gasteiger partial charge in [0, 0.05) is 0 Å². The minimum atomic E-state index is 0. The Hall–Kier alpha value is -2.59. The fourth-order valence-electron chi connectivity index (χ4n) is 6.33. The minimum absolute atomic E-state index is 0. The van der Waals surface area contributed by atoms with Crippen LogP contribution < -0.4 is 24.8 Å². The molecule has 0 bridgehead atoms. The standard InChI is InChI=1S/4C13H15.2CH2.2ClH.2Zr/c4*1-13(2,3)12-8-10-6-4-5-7-11(10)9-12;;;;;;/h4*4-9H,1-3H3;2*1H2;2*1H;;/q4*-1;;;;;2*+2/p-2. The van der Waals surface area contributed by atoms with Gasteiger partial charge in [-0.05, 0) is 21.7 Å². The Morgan fingerprint density at radius 2 is 0.466 bits per heavy atom. The number of fused-ring (bicyclic) bond motifs is 4. The molecule has 0 unspecified atom stereocenters. The molecule has 0 fully saturated rings. The van der Waals surface area contributed by atoms with Crippen molar-refractivity contribution in [2.24, 2.45) is 0 Å². The van der Waals surface area contributed by atoms with Crippen molar-refractivity contribution in [3.8, 4) is 0 Å². The van der Waals surface area contributed by atoms with Gasteiger partial charge in [0.15, 0.2) is 0 Å². The second-order valence-electron chi connectivity index (χ2n) is 18.5. The van der Waals surface area contributed by atoms with Gasteiger partial charge < -0.3 is 24.8 Å². The van der Waals surface area contributed by atoms with Crippen LogP contribution in [0.25, 0.3) is 43.1 Å². The van der Waals surface area contributed by atoms with Gasteiger partial charge in [0.2, 0.25) is 0 Å². The maximum absolute atomic E-state index is 3.34. The number of hydrogen-bond donors (Lipinski definition) is 0. The Morgan fingerprint density at radius 1 is 0.310 bits per heavy atom. The van der Waals surface area contributed by atoms with Gasteiger partial charge in [-0.15, -0.1) is 162 Å². The maximum atomic E-state index is 3.34. The Morgan fingerprint density at radius 3 is 0.603 bits per heavy atom. The van der Waals surface area contributed by atoms with E-state index in [4.69, 9.17) is 0 Å². The van der Waals surface area contributed by atoms with Crippen molar-refractivity contribution in [3.05, 3.63) is 168 Å². The number of benzene rings is 4. The van der Waals surface area contributed by atoms with Gasteiger partial charge in [-0.25, -0.2) is 0 Å². The third-order valence-corrected chi connectivity index (χ3v) is 9.94. The first-order valence-electron chi connectivity index (χ1n) is 19.6. The quantitative estimate of drug-likeness (QED) is 0.133. The van der Waals surface area contributed by atoms with Crippen LogP contribution in [0.1, 0.15) is 105 Å². The summed E-state index contributed by atoms with van der Waals surface area (Å²) in [4.78, 5) is 0. The molecule has 0 atom stereocenters. The summed E-state index contributed by atoms with van der Waals surface area (Å²) in [6.07, 6.45) is 0. The largest absolute Gasteiger partial charge is 1.00 e. The predicted octanol–water partition coefficient (Wildman–Crippen LogP) is 9.36. The van der Waals surface area contributed by atoms with E-state index in [1.165, 1.54) is 114 Å². The van der Waals surface area contributed by atoms with E-state index >= 15 is 0 Å². The van der Waals surface area contributed by atoms with Crippen molar-refractivity contribution >= 4 is 51.5 Å². The zero-order chi connectivity index (χ0) is 41.9.